The highest BCUT2D eigenvalue weighted by atomic mass is 16.5. The van der Waals surface area contributed by atoms with Gasteiger partial charge in [0.1, 0.15) is 79.3 Å². The van der Waals surface area contributed by atoms with Crippen LogP contribution in [0.4, 0.5) is 0 Å². The Morgan fingerprint density at radius 2 is 0.440 bits per heavy atom. The van der Waals surface area contributed by atoms with Gasteiger partial charge in [-0.3, -0.25) is 0 Å². The zero-order valence-electron chi connectivity index (χ0n) is 57.3. The first kappa shape index (κ1) is 78.4. The third-order valence-electron chi connectivity index (χ3n) is 14.6. The summed E-state index contributed by atoms with van der Waals surface area (Å²) in [5.41, 5.74) is 13.5. The molecule has 10 rings (SSSR count). The van der Waals surface area contributed by atoms with Gasteiger partial charge in [0.2, 0.25) is 0 Å². The van der Waals surface area contributed by atoms with E-state index in [-0.39, 0.29) is 0 Å². The Labute approximate surface area is 591 Å². The summed E-state index contributed by atoms with van der Waals surface area (Å²) in [6, 6.07) is 65.7. The summed E-state index contributed by atoms with van der Waals surface area (Å²) in [5, 5.41) is 9.51. The SMILES string of the molecule is C=COCc1ccc2c(COC=C)cccc2c1.C=COCc1ccc2ccc(COC=C)cc2c1.C=COCc1cccc(COC=C)c1.C=COCc1cccc2c(COC=C)cccc12.C=COCc1cccc2cccc(COC=C)c12.C=COCc1ccccc1COC=C. The van der Waals surface area contributed by atoms with Gasteiger partial charge < -0.3 is 56.8 Å². The summed E-state index contributed by atoms with van der Waals surface area (Å²) < 4.78 is 62.3. The zero-order chi connectivity index (χ0) is 71.6. The summed E-state index contributed by atoms with van der Waals surface area (Å²) in [6.07, 6.45) is 17.4. The molecule has 0 spiro atoms. The van der Waals surface area contributed by atoms with Crippen molar-refractivity contribution in [3.63, 3.8) is 0 Å². The molecule has 0 aliphatic carbocycles. The highest BCUT2D eigenvalue weighted by Gasteiger charge is 2.09. The summed E-state index contributed by atoms with van der Waals surface area (Å²) in [5.74, 6) is 0. The Morgan fingerprint density at radius 3 is 0.810 bits per heavy atom. The molecule has 0 unspecified atom stereocenters. The van der Waals surface area contributed by atoms with Gasteiger partial charge in [0, 0.05) is 0 Å². The van der Waals surface area contributed by atoms with Gasteiger partial charge >= 0.3 is 0 Å². The van der Waals surface area contributed by atoms with Crippen molar-refractivity contribution < 1.29 is 56.8 Å². The second-order valence-electron chi connectivity index (χ2n) is 21.2. The third kappa shape index (κ3) is 27.4. The first-order valence-corrected chi connectivity index (χ1v) is 32.0. The molecule has 0 saturated carbocycles. The standard InChI is InChI=1S/4C16H16O2.2C12H14O2/c1-3-17-11-13-5-7-15-8-6-14(12-18-4-2)10-16(15)9-13;1-3-17-11-13-7-5-10-16-14(12-18-4-2)8-6-9-15(13)16;1-3-17-11-14-9-5-7-13-8-6-10-15(16(13)14)12-18-4-2;1-3-17-11-13-8-9-16-14(10-13)6-5-7-15(16)12-18-4-2;1-3-13-9-11-6-5-7-12(8-11)10-14-4-2;1-3-13-9-11-7-5-6-8-12(11)10-14-4-2/h4*3-10H,1-2,11-12H2;2*3-8H,1-2,9-10H2. The minimum Gasteiger partial charge on any atom is -0.497 e. The van der Waals surface area contributed by atoms with Gasteiger partial charge in [0.25, 0.3) is 0 Å². The summed E-state index contributed by atoms with van der Waals surface area (Å²) in [7, 11) is 0. The Hall–Kier alpha value is -12.3. The van der Waals surface area contributed by atoms with Crippen LogP contribution in [0.25, 0.3) is 43.1 Å². The smallest absolute Gasteiger partial charge is 0.113 e. The van der Waals surface area contributed by atoms with Gasteiger partial charge in [0.05, 0.1) is 75.1 Å². The topological polar surface area (TPSA) is 111 Å². The highest BCUT2D eigenvalue weighted by Crippen LogP contribution is 2.27. The molecule has 0 saturated heterocycles. The molecule has 0 N–H and O–H groups in total. The lowest BCUT2D eigenvalue weighted by molar-refractivity contribution is 0.219. The predicted octanol–water partition coefficient (Wildman–Crippen LogP) is 22.7. The molecular formula is C88H92O12. The molecule has 0 atom stereocenters. The van der Waals surface area contributed by atoms with Crippen molar-refractivity contribution in [3.05, 3.63) is 415 Å². The van der Waals surface area contributed by atoms with Crippen molar-refractivity contribution in [2.24, 2.45) is 0 Å². The number of fused-ring (bicyclic) bond motifs is 4. The summed E-state index contributed by atoms with van der Waals surface area (Å²) >= 11 is 0. The molecule has 0 heterocycles. The molecule has 0 aliphatic rings. The van der Waals surface area contributed by atoms with Crippen LogP contribution in [0.5, 0.6) is 0 Å². The van der Waals surface area contributed by atoms with Crippen LogP contribution in [0.1, 0.15) is 66.8 Å². The Kier molecular flexibility index (Phi) is 37.3. The van der Waals surface area contributed by atoms with Crippen LogP contribution in [-0.4, -0.2) is 0 Å². The number of rotatable bonds is 36. The monoisotopic (exact) mass is 1340 g/mol. The lowest BCUT2D eigenvalue weighted by atomic mass is 10.00. The second kappa shape index (κ2) is 47.6. The zero-order valence-corrected chi connectivity index (χ0v) is 57.3. The minimum absolute atomic E-state index is 0.520. The van der Waals surface area contributed by atoms with E-state index in [0.29, 0.717) is 79.3 Å². The van der Waals surface area contributed by atoms with Crippen molar-refractivity contribution in [2.75, 3.05) is 0 Å². The fourth-order valence-electron chi connectivity index (χ4n) is 10.0. The molecule has 0 bridgehead atoms. The number of ether oxygens (including phenoxy) is 12. The summed E-state index contributed by atoms with van der Waals surface area (Å²) in [6.45, 7) is 48.8. The largest absolute Gasteiger partial charge is 0.497 e. The van der Waals surface area contributed by atoms with Gasteiger partial charge in [-0.1, -0.05) is 249 Å². The van der Waals surface area contributed by atoms with Crippen LogP contribution in [0.3, 0.4) is 0 Å². The van der Waals surface area contributed by atoms with Crippen LogP contribution in [-0.2, 0) is 136 Å². The molecule has 12 nitrogen and oxygen atoms in total. The average Bonchev–Trinajstić information content (AvgIpc) is 0.830. The first-order valence-electron chi connectivity index (χ1n) is 32.0. The molecule has 100 heavy (non-hydrogen) atoms. The average molecular weight is 1340 g/mol. The van der Waals surface area contributed by atoms with Crippen molar-refractivity contribution >= 4 is 43.1 Å². The van der Waals surface area contributed by atoms with Crippen LogP contribution in [0.2, 0.25) is 0 Å². The second-order valence-corrected chi connectivity index (χ2v) is 21.2. The van der Waals surface area contributed by atoms with E-state index in [1.54, 1.807) is 0 Å². The number of benzene rings is 10. The van der Waals surface area contributed by atoms with Crippen molar-refractivity contribution in [1.82, 2.24) is 0 Å². The Morgan fingerprint density at radius 1 is 0.180 bits per heavy atom. The maximum absolute atomic E-state index is 5.29. The Balaban J connectivity index is 0.000000217. The van der Waals surface area contributed by atoms with E-state index in [4.69, 9.17) is 56.8 Å². The molecule has 0 amide bonds. The molecule has 12 heteroatoms. The third-order valence-corrected chi connectivity index (χ3v) is 14.6. The van der Waals surface area contributed by atoms with E-state index < -0.39 is 0 Å². The van der Waals surface area contributed by atoms with E-state index in [1.807, 2.05) is 78.9 Å². The van der Waals surface area contributed by atoms with E-state index >= 15 is 0 Å². The van der Waals surface area contributed by atoms with E-state index in [1.165, 1.54) is 118 Å². The first-order chi connectivity index (χ1) is 49.1. The molecule has 10 aromatic rings. The lowest BCUT2D eigenvalue weighted by Crippen LogP contribution is -1.95. The maximum atomic E-state index is 5.29. The molecule has 0 fully saturated rings. The summed E-state index contributed by atoms with van der Waals surface area (Å²) in [4.78, 5) is 0. The molecule has 0 aliphatic heterocycles. The fraction of sp³-hybridized carbons (Fsp3) is 0.136. The van der Waals surface area contributed by atoms with Crippen molar-refractivity contribution in [2.45, 2.75) is 79.3 Å². The van der Waals surface area contributed by atoms with E-state index in [9.17, 15) is 0 Å². The molecule has 0 aromatic heterocycles. The van der Waals surface area contributed by atoms with Crippen molar-refractivity contribution in [3.8, 4) is 0 Å². The van der Waals surface area contributed by atoms with Crippen LogP contribution < -0.4 is 0 Å². The maximum Gasteiger partial charge on any atom is 0.113 e. The minimum atomic E-state index is 0.520. The molecule has 516 valence electrons. The van der Waals surface area contributed by atoms with Crippen LogP contribution >= 0.6 is 0 Å². The number of hydrogen-bond donors (Lipinski definition) is 0. The van der Waals surface area contributed by atoms with E-state index in [2.05, 4.69) is 194 Å². The highest BCUT2D eigenvalue weighted by molar-refractivity contribution is 5.90. The van der Waals surface area contributed by atoms with Gasteiger partial charge in [0.15, 0.2) is 0 Å². The number of hydrogen-bond acceptors (Lipinski definition) is 12. The molecular weight excluding hydrogens is 1250 g/mol. The van der Waals surface area contributed by atoms with Gasteiger partial charge in [-0.2, -0.15) is 0 Å². The quantitative estimate of drug-likeness (QED) is 0.0349. The van der Waals surface area contributed by atoms with E-state index in [0.717, 1.165) is 66.8 Å². The van der Waals surface area contributed by atoms with Gasteiger partial charge in [-0.15, -0.1) is 0 Å². The van der Waals surface area contributed by atoms with Gasteiger partial charge in [-0.25, -0.2) is 0 Å². The van der Waals surface area contributed by atoms with Crippen LogP contribution in [0.15, 0.2) is 348 Å². The van der Waals surface area contributed by atoms with Gasteiger partial charge in [-0.05, 0) is 134 Å². The lowest BCUT2D eigenvalue weighted by Gasteiger charge is -2.11. The fourth-order valence-corrected chi connectivity index (χ4v) is 10.0. The van der Waals surface area contributed by atoms with Crippen molar-refractivity contribution in [1.29, 1.82) is 0 Å². The molecule has 10 aromatic carbocycles. The predicted molar refractivity (Wildman–Crippen MR) is 409 cm³/mol. The normalized spacial score (nSPS) is 9.76. The van der Waals surface area contributed by atoms with Crippen LogP contribution in [0, 0.1) is 0 Å². The molecule has 0 radical (unpaired) electrons. The Bertz CT molecular complexity index is 3980.